The zero-order valence-corrected chi connectivity index (χ0v) is 13.8. The van der Waals surface area contributed by atoms with Crippen molar-refractivity contribution in [2.45, 2.75) is 63.4 Å². The second kappa shape index (κ2) is 7.42. The average Bonchev–Trinajstić information content (AvgIpc) is 2.91. The summed E-state index contributed by atoms with van der Waals surface area (Å²) >= 11 is 0. The first-order chi connectivity index (χ1) is 10.0. The topological polar surface area (TPSA) is 74.0 Å². The Labute approximate surface area is 128 Å². The Kier molecular flexibility index (Phi) is 5.84. The summed E-state index contributed by atoms with van der Waals surface area (Å²) in [5.74, 6) is 0.717. The highest BCUT2D eigenvalue weighted by atomic mass is 32.2. The Balaban J connectivity index is 1.93. The van der Waals surface area contributed by atoms with Gasteiger partial charge < -0.3 is 10.3 Å². The number of aromatic nitrogens is 1. The van der Waals surface area contributed by atoms with E-state index < -0.39 is 10.0 Å². The zero-order chi connectivity index (χ0) is 15.3. The van der Waals surface area contributed by atoms with Crippen molar-refractivity contribution >= 4 is 10.0 Å². The predicted molar refractivity (Wildman–Crippen MR) is 84.5 cm³/mol. The second-order valence-electron chi connectivity index (χ2n) is 6.12. The Hall–Kier alpha value is -0.850. The number of nitrogens with one attached hydrogen (secondary N) is 3. The fraction of sp³-hybridized carbons (Fsp3) is 0.733. The number of H-pyrrole nitrogens is 1. The molecule has 1 aromatic heterocycles. The van der Waals surface area contributed by atoms with E-state index in [1.165, 1.54) is 0 Å². The molecule has 0 amide bonds. The molecule has 5 nitrogen and oxygen atoms in total. The van der Waals surface area contributed by atoms with Crippen LogP contribution in [0.25, 0.3) is 0 Å². The van der Waals surface area contributed by atoms with Crippen LogP contribution in [0.5, 0.6) is 0 Å². The van der Waals surface area contributed by atoms with Crippen LogP contribution in [0.15, 0.2) is 17.2 Å². The van der Waals surface area contributed by atoms with Gasteiger partial charge in [0, 0.05) is 24.5 Å². The van der Waals surface area contributed by atoms with Gasteiger partial charge in [-0.1, -0.05) is 13.8 Å². The van der Waals surface area contributed by atoms with Crippen LogP contribution in [0.4, 0.5) is 0 Å². The lowest BCUT2D eigenvalue weighted by Crippen LogP contribution is -2.37. The van der Waals surface area contributed by atoms with Gasteiger partial charge in [-0.15, -0.1) is 0 Å². The normalized spacial score (nSPS) is 23.3. The molecule has 0 radical (unpaired) electrons. The van der Waals surface area contributed by atoms with Gasteiger partial charge in [0.15, 0.2) is 0 Å². The van der Waals surface area contributed by atoms with E-state index in [0.717, 1.165) is 44.3 Å². The average molecular weight is 313 g/mol. The van der Waals surface area contributed by atoms with Crippen molar-refractivity contribution < 1.29 is 8.42 Å². The summed E-state index contributed by atoms with van der Waals surface area (Å²) in [7, 11) is -3.40. The van der Waals surface area contributed by atoms with E-state index in [4.69, 9.17) is 0 Å². The molecule has 1 aliphatic rings. The van der Waals surface area contributed by atoms with Crippen LogP contribution in [-0.2, 0) is 16.6 Å². The molecule has 1 fully saturated rings. The maximum absolute atomic E-state index is 12.4. The van der Waals surface area contributed by atoms with Gasteiger partial charge in [-0.05, 0) is 50.6 Å². The first-order valence-electron chi connectivity index (χ1n) is 7.91. The third-order valence-electron chi connectivity index (χ3n) is 4.11. The molecule has 6 heteroatoms. The summed E-state index contributed by atoms with van der Waals surface area (Å²) in [6, 6.07) is 1.80. The van der Waals surface area contributed by atoms with E-state index in [2.05, 4.69) is 28.9 Å². The standard InChI is InChI=1S/C15H27N3O2S/c1-3-8-16-10-14-9-15(11-17-14)21(19,20)18-13-6-4-12(2)5-7-13/h9,11-13,16-18H,3-8,10H2,1-2H3. The zero-order valence-electron chi connectivity index (χ0n) is 13.0. The second-order valence-corrected chi connectivity index (χ2v) is 7.83. The van der Waals surface area contributed by atoms with Crippen LogP contribution in [0.3, 0.4) is 0 Å². The predicted octanol–water partition coefficient (Wildman–Crippen LogP) is 2.37. The molecule has 1 aromatic rings. The first-order valence-corrected chi connectivity index (χ1v) is 9.40. The van der Waals surface area contributed by atoms with E-state index in [1.807, 2.05) is 0 Å². The van der Waals surface area contributed by atoms with Crippen molar-refractivity contribution in [3.05, 3.63) is 18.0 Å². The minimum absolute atomic E-state index is 0.0859. The number of hydrogen-bond acceptors (Lipinski definition) is 3. The van der Waals surface area contributed by atoms with Crippen molar-refractivity contribution in [1.82, 2.24) is 15.0 Å². The molecule has 1 heterocycles. The molecule has 21 heavy (non-hydrogen) atoms. The third-order valence-corrected chi connectivity index (χ3v) is 5.61. The van der Waals surface area contributed by atoms with Gasteiger partial charge in [0.2, 0.25) is 10.0 Å². The minimum atomic E-state index is -3.40. The van der Waals surface area contributed by atoms with Crippen LogP contribution < -0.4 is 10.0 Å². The highest BCUT2D eigenvalue weighted by molar-refractivity contribution is 7.89. The summed E-state index contributed by atoms with van der Waals surface area (Å²) in [6.07, 6.45) is 6.73. The smallest absolute Gasteiger partial charge is 0.242 e. The van der Waals surface area contributed by atoms with Crippen LogP contribution >= 0.6 is 0 Å². The van der Waals surface area contributed by atoms with E-state index in [9.17, 15) is 8.42 Å². The molecule has 0 spiro atoms. The van der Waals surface area contributed by atoms with Gasteiger partial charge >= 0.3 is 0 Å². The van der Waals surface area contributed by atoms with Crippen molar-refractivity contribution in [3.8, 4) is 0 Å². The first kappa shape index (κ1) is 16.5. The van der Waals surface area contributed by atoms with E-state index >= 15 is 0 Å². The number of aromatic amines is 1. The quantitative estimate of drug-likeness (QED) is 0.677. The summed E-state index contributed by atoms with van der Waals surface area (Å²) in [6.45, 7) is 5.93. The molecule has 0 saturated heterocycles. The molecule has 2 rings (SSSR count). The van der Waals surface area contributed by atoms with Gasteiger partial charge in [0.1, 0.15) is 0 Å². The van der Waals surface area contributed by atoms with Crippen molar-refractivity contribution in [3.63, 3.8) is 0 Å². The molecule has 0 aliphatic heterocycles. The molecule has 0 atom stereocenters. The summed E-state index contributed by atoms with van der Waals surface area (Å²) in [4.78, 5) is 3.38. The van der Waals surface area contributed by atoms with Crippen LogP contribution in [0, 0.1) is 5.92 Å². The van der Waals surface area contributed by atoms with Crippen molar-refractivity contribution in [2.75, 3.05) is 6.54 Å². The van der Waals surface area contributed by atoms with Gasteiger partial charge in [-0.3, -0.25) is 0 Å². The molecule has 0 unspecified atom stereocenters. The van der Waals surface area contributed by atoms with Gasteiger partial charge in [0.25, 0.3) is 0 Å². The molecular weight excluding hydrogens is 286 g/mol. The van der Waals surface area contributed by atoms with Crippen LogP contribution in [0.1, 0.15) is 51.6 Å². The Morgan fingerprint density at radius 1 is 1.29 bits per heavy atom. The molecule has 0 aromatic carbocycles. The largest absolute Gasteiger partial charge is 0.363 e. The highest BCUT2D eigenvalue weighted by Crippen LogP contribution is 2.24. The van der Waals surface area contributed by atoms with E-state index in [-0.39, 0.29) is 6.04 Å². The molecule has 1 saturated carbocycles. The third kappa shape index (κ3) is 4.83. The summed E-state index contributed by atoms with van der Waals surface area (Å²) < 4.78 is 27.6. The van der Waals surface area contributed by atoms with E-state index in [1.54, 1.807) is 12.3 Å². The fourth-order valence-electron chi connectivity index (χ4n) is 2.74. The van der Waals surface area contributed by atoms with Gasteiger partial charge in [-0.25, -0.2) is 13.1 Å². The van der Waals surface area contributed by atoms with Crippen LogP contribution in [-0.4, -0.2) is 26.0 Å². The monoisotopic (exact) mass is 313 g/mol. The summed E-state index contributed by atoms with van der Waals surface area (Å²) in [5, 5.41) is 3.26. The SMILES string of the molecule is CCCNCc1cc(S(=O)(=O)NC2CCC(C)CC2)c[nH]1. The Morgan fingerprint density at radius 3 is 2.67 bits per heavy atom. The molecule has 3 N–H and O–H groups in total. The highest BCUT2D eigenvalue weighted by Gasteiger charge is 2.24. The maximum Gasteiger partial charge on any atom is 0.242 e. The molecule has 120 valence electrons. The van der Waals surface area contributed by atoms with Crippen LogP contribution in [0.2, 0.25) is 0 Å². The molecular formula is C15H27N3O2S. The lowest BCUT2D eigenvalue weighted by atomic mass is 9.88. The number of hydrogen-bond donors (Lipinski definition) is 3. The summed E-state index contributed by atoms with van der Waals surface area (Å²) in [5.41, 5.74) is 0.904. The van der Waals surface area contributed by atoms with Gasteiger partial charge in [0.05, 0.1) is 4.90 Å². The van der Waals surface area contributed by atoms with Crippen molar-refractivity contribution in [1.29, 1.82) is 0 Å². The Bertz CT molecular complexity index is 531. The number of sulfonamides is 1. The number of rotatable bonds is 7. The Morgan fingerprint density at radius 2 is 2.00 bits per heavy atom. The van der Waals surface area contributed by atoms with Gasteiger partial charge in [-0.2, -0.15) is 0 Å². The maximum atomic E-state index is 12.4. The minimum Gasteiger partial charge on any atom is -0.363 e. The lowest BCUT2D eigenvalue weighted by molar-refractivity contribution is 0.332. The van der Waals surface area contributed by atoms with Crippen molar-refractivity contribution in [2.24, 2.45) is 5.92 Å². The lowest BCUT2D eigenvalue weighted by Gasteiger charge is -2.26. The molecule has 1 aliphatic carbocycles. The molecule has 0 bridgehead atoms. The van der Waals surface area contributed by atoms with E-state index in [0.29, 0.717) is 17.4 Å². The fourth-order valence-corrected chi connectivity index (χ4v) is 4.06.